The first-order chi connectivity index (χ1) is 13.6. The molecule has 0 N–H and O–H groups in total. The van der Waals surface area contributed by atoms with Gasteiger partial charge in [0, 0.05) is 10.3 Å². The lowest BCUT2D eigenvalue weighted by Gasteiger charge is -2.33. The third-order valence-corrected chi connectivity index (χ3v) is 10.0. The number of Topliss-reactive ketones (excluding diaryl/α,β-unsaturated/α-hetero) is 1. The summed E-state index contributed by atoms with van der Waals surface area (Å²) in [6.07, 6.45) is 8.80. The van der Waals surface area contributed by atoms with E-state index in [1.165, 1.54) is 48.8 Å². The lowest BCUT2D eigenvalue weighted by atomic mass is 10.0. The predicted octanol–water partition coefficient (Wildman–Crippen LogP) is 6.57. The molecular weight excluding hydrogens is 366 g/mol. The van der Waals surface area contributed by atoms with Crippen molar-refractivity contribution in [3.63, 3.8) is 0 Å². The molecule has 1 saturated heterocycles. The van der Waals surface area contributed by atoms with E-state index in [1.54, 1.807) is 6.92 Å². The Balaban J connectivity index is 1.76. The maximum atomic E-state index is 12.6. The Bertz CT molecular complexity index is 880. The van der Waals surface area contributed by atoms with Gasteiger partial charge in [-0.1, -0.05) is 49.9 Å². The summed E-state index contributed by atoms with van der Waals surface area (Å²) in [6, 6.07) is 10.5. The van der Waals surface area contributed by atoms with Gasteiger partial charge in [0.05, 0.1) is 12.2 Å². The number of ether oxygens (including phenoxy) is 1. The van der Waals surface area contributed by atoms with Crippen LogP contribution in [0.5, 0.6) is 5.75 Å². The summed E-state index contributed by atoms with van der Waals surface area (Å²) in [5.74, 6) is 3.78. The van der Waals surface area contributed by atoms with Gasteiger partial charge in [-0.05, 0) is 61.8 Å². The van der Waals surface area contributed by atoms with Crippen LogP contribution in [0.4, 0.5) is 0 Å². The number of carbonyl (C=O) groups excluding carboxylic acids is 1. The number of fused-ring (bicyclic) bond motifs is 1. The largest absolute Gasteiger partial charge is 0.492 e. The van der Waals surface area contributed by atoms with E-state index in [0.29, 0.717) is 12.2 Å². The summed E-state index contributed by atoms with van der Waals surface area (Å²) in [7, 11) is -1.30. The molecule has 0 amide bonds. The summed E-state index contributed by atoms with van der Waals surface area (Å²) < 4.78 is 11.0. The first kappa shape index (κ1) is 19.5. The number of benzene rings is 2. The maximum absolute atomic E-state index is 12.6. The highest BCUT2D eigenvalue weighted by atomic mass is 32.3. The minimum atomic E-state index is -1.30. The summed E-state index contributed by atoms with van der Waals surface area (Å²) in [5.41, 5.74) is 0.711. The van der Waals surface area contributed by atoms with Crippen LogP contribution < -0.4 is 4.74 Å². The predicted molar refractivity (Wildman–Crippen MR) is 120 cm³/mol. The molecule has 1 aliphatic heterocycles. The lowest BCUT2D eigenvalue weighted by molar-refractivity contribution is 0.101. The zero-order chi connectivity index (χ0) is 19.6. The summed E-state index contributed by atoms with van der Waals surface area (Å²) in [6.45, 7) is 6.29. The molecule has 1 aliphatic carbocycles. The standard InChI is InChI=1S/C24H31NO2S/c1-18(26)22-17-23(28(25-2)15-7-8-16-28)20-11-5-6-12-21(20)24(22)27-14-13-19-9-3-4-10-19/h5-6,11-12,17,19H,2-4,7-10,13-16H2,1H3. The number of rotatable bonds is 7. The monoisotopic (exact) mass is 397 g/mol. The Morgan fingerprint density at radius 2 is 1.82 bits per heavy atom. The van der Waals surface area contributed by atoms with Crippen molar-refractivity contribution in [1.29, 1.82) is 0 Å². The minimum absolute atomic E-state index is 0.0690. The highest BCUT2D eigenvalue weighted by Gasteiger charge is 2.32. The molecule has 1 heterocycles. The molecule has 0 bridgehead atoms. The summed E-state index contributed by atoms with van der Waals surface area (Å²) in [4.78, 5) is 13.8. The van der Waals surface area contributed by atoms with Crippen LogP contribution in [-0.2, 0) is 0 Å². The normalized spacial score (nSPS) is 20.3. The van der Waals surface area contributed by atoms with Crippen LogP contribution in [0.15, 0.2) is 39.6 Å². The van der Waals surface area contributed by atoms with Gasteiger partial charge in [-0.25, -0.2) is 4.40 Å². The summed E-state index contributed by atoms with van der Waals surface area (Å²) in [5, 5.41) is 2.24. The van der Waals surface area contributed by atoms with Crippen LogP contribution >= 0.6 is 10.2 Å². The molecule has 4 heteroatoms. The van der Waals surface area contributed by atoms with Gasteiger partial charge in [-0.3, -0.25) is 4.79 Å². The molecule has 3 nitrogen and oxygen atoms in total. The highest BCUT2D eigenvalue weighted by molar-refractivity contribution is 8.33. The van der Waals surface area contributed by atoms with Gasteiger partial charge in [0.15, 0.2) is 5.78 Å². The average molecular weight is 398 g/mol. The third-order valence-electron chi connectivity index (χ3n) is 6.45. The molecule has 0 atom stereocenters. The Hall–Kier alpha value is -1.81. The molecule has 1 saturated carbocycles. The maximum Gasteiger partial charge on any atom is 0.163 e. The second-order valence-electron chi connectivity index (χ2n) is 8.23. The van der Waals surface area contributed by atoms with Gasteiger partial charge in [-0.2, -0.15) is 0 Å². The van der Waals surface area contributed by atoms with Crippen LogP contribution in [0.1, 0.15) is 62.2 Å². The molecule has 150 valence electrons. The molecular formula is C24H31NO2S. The Kier molecular flexibility index (Phi) is 5.77. The molecule has 0 unspecified atom stereocenters. The van der Waals surface area contributed by atoms with Crippen molar-refractivity contribution in [2.75, 3.05) is 18.1 Å². The van der Waals surface area contributed by atoms with E-state index in [0.717, 1.165) is 35.0 Å². The second kappa shape index (κ2) is 8.28. The molecule has 0 aromatic heterocycles. The molecule has 28 heavy (non-hydrogen) atoms. The van der Waals surface area contributed by atoms with E-state index in [4.69, 9.17) is 4.74 Å². The van der Waals surface area contributed by atoms with Gasteiger partial charge < -0.3 is 4.74 Å². The van der Waals surface area contributed by atoms with Crippen LogP contribution in [0.25, 0.3) is 10.8 Å². The van der Waals surface area contributed by atoms with Crippen molar-refractivity contribution in [2.24, 2.45) is 10.3 Å². The van der Waals surface area contributed by atoms with Gasteiger partial charge >= 0.3 is 0 Å². The molecule has 2 aliphatic rings. The average Bonchev–Trinajstić information content (AvgIpc) is 3.40. The molecule has 2 fully saturated rings. The van der Waals surface area contributed by atoms with Crippen molar-refractivity contribution >= 4 is 33.5 Å². The molecule has 0 spiro atoms. The number of hydrogen-bond acceptors (Lipinski definition) is 3. The fourth-order valence-electron chi connectivity index (χ4n) is 4.88. The smallest absolute Gasteiger partial charge is 0.163 e. The second-order valence-corrected chi connectivity index (χ2v) is 11.4. The Labute approximate surface area is 170 Å². The van der Waals surface area contributed by atoms with Crippen molar-refractivity contribution in [2.45, 2.75) is 56.8 Å². The van der Waals surface area contributed by atoms with Crippen molar-refractivity contribution in [3.8, 4) is 5.75 Å². The van der Waals surface area contributed by atoms with Crippen LogP contribution in [0.2, 0.25) is 0 Å². The highest BCUT2D eigenvalue weighted by Crippen LogP contribution is 2.64. The fraction of sp³-hybridized carbons (Fsp3) is 0.500. The molecule has 2 aromatic rings. The lowest BCUT2D eigenvalue weighted by Crippen LogP contribution is -2.09. The van der Waals surface area contributed by atoms with Gasteiger partial charge in [0.25, 0.3) is 0 Å². The molecule has 2 aromatic carbocycles. The van der Waals surface area contributed by atoms with Crippen molar-refractivity contribution in [3.05, 3.63) is 35.9 Å². The van der Waals surface area contributed by atoms with Gasteiger partial charge in [0.1, 0.15) is 5.75 Å². The zero-order valence-electron chi connectivity index (χ0n) is 16.9. The Morgan fingerprint density at radius 3 is 2.46 bits per heavy atom. The molecule has 0 radical (unpaired) electrons. The van der Waals surface area contributed by atoms with E-state index < -0.39 is 10.2 Å². The number of hydrogen-bond donors (Lipinski definition) is 0. The number of nitrogens with zero attached hydrogens (tertiary/aromatic N) is 1. The first-order valence-corrected chi connectivity index (χ1v) is 12.5. The van der Waals surface area contributed by atoms with Crippen LogP contribution in [0.3, 0.4) is 0 Å². The zero-order valence-corrected chi connectivity index (χ0v) is 17.7. The third kappa shape index (κ3) is 3.59. The molecule has 4 rings (SSSR count). The van der Waals surface area contributed by atoms with E-state index >= 15 is 0 Å². The van der Waals surface area contributed by atoms with Crippen molar-refractivity contribution in [1.82, 2.24) is 0 Å². The van der Waals surface area contributed by atoms with Crippen molar-refractivity contribution < 1.29 is 9.53 Å². The van der Waals surface area contributed by atoms with Crippen LogP contribution in [0, 0.1) is 5.92 Å². The van der Waals surface area contributed by atoms with Gasteiger partial charge in [0.2, 0.25) is 0 Å². The van der Waals surface area contributed by atoms with Crippen LogP contribution in [-0.4, -0.2) is 30.6 Å². The summed E-state index contributed by atoms with van der Waals surface area (Å²) >= 11 is 0. The number of carbonyl (C=O) groups is 1. The fourth-order valence-corrected chi connectivity index (χ4v) is 8.21. The first-order valence-electron chi connectivity index (χ1n) is 10.6. The quantitative estimate of drug-likeness (QED) is 0.391. The van der Waals surface area contributed by atoms with E-state index in [1.807, 2.05) is 6.07 Å². The van der Waals surface area contributed by atoms with E-state index in [-0.39, 0.29) is 5.78 Å². The van der Waals surface area contributed by atoms with E-state index in [2.05, 4.69) is 35.4 Å². The van der Waals surface area contributed by atoms with E-state index in [9.17, 15) is 4.79 Å². The SMILES string of the molecule is C=NS1(c2cc(C(C)=O)c(OCCC3CCCC3)c3ccccc23)CCCC1. The number of ketones is 1. The van der Waals surface area contributed by atoms with Gasteiger partial charge in [-0.15, -0.1) is 10.2 Å². The topological polar surface area (TPSA) is 38.7 Å². The minimum Gasteiger partial charge on any atom is -0.492 e. The Morgan fingerprint density at radius 1 is 1.14 bits per heavy atom.